The topological polar surface area (TPSA) is 54.9 Å². The molecule has 0 aromatic heterocycles. The molecule has 0 atom stereocenters. The van der Waals surface area contributed by atoms with E-state index in [-0.39, 0.29) is 0 Å². The predicted octanol–water partition coefficient (Wildman–Crippen LogP) is 1.64. The van der Waals surface area contributed by atoms with E-state index >= 15 is 0 Å². The van der Waals surface area contributed by atoms with E-state index in [0.29, 0.717) is 12.6 Å². The first-order chi connectivity index (χ1) is 8.67. The van der Waals surface area contributed by atoms with Gasteiger partial charge in [-0.2, -0.15) is 5.10 Å². The fraction of sp³-hybridized carbons (Fsp3) is 0.462. The maximum atomic E-state index is 5.41. The third-order valence-electron chi connectivity index (χ3n) is 2.95. The molecular weight excluding hydrogens is 230 g/mol. The van der Waals surface area contributed by atoms with Gasteiger partial charge in [0, 0.05) is 6.07 Å². The second-order valence-corrected chi connectivity index (χ2v) is 4.42. The number of nitrogens with one attached hydrogen (secondary N) is 2. The van der Waals surface area contributed by atoms with Crippen molar-refractivity contribution in [2.45, 2.75) is 19.8 Å². The predicted molar refractivity (Wildman–Crippen MR) is 71.3 cm³/mol. The molecule has 0 aliphatic carbocycles. The van der Waals surface area contributed by atoms with Crippen molar-refractivity contribution in [2.24, 2.45) is 5.10 Å². The first-order valence-corrected chi connectivity index (χ1v) is 5.98. The maximum absolute atomic E-state index is 5.41. The van der Waals surface area contributed by atoms with Crippen molar-refractivity contribution in [3.05, 3.63) is 23.3 Å². The molecule has 2 N–H and O–H groups in total. The van der Waals surface area contributed by atoms with Crippen molar-refractivity contribution in [3.8, 4) is 11.5 Å². The Labute approximate surface area is 107 Å². The van der Waals surface area contributed by atoms with Crippen LogP contribution < -0.4 is 20.2 Å². The van der Waals surface area contributed by atoms with Crippen LogP contribution in [-0.4, -0.2) is 26.7 Å². The third kappa shape index (κ3) is 2.20. The first-order valence-electron chi connectivity index (χ1n) is 5.98. The quantitative estimate of drug-likeness (QED) is 0.851. The van der Waals surface area contributed by atoms with Crippen LogP contribution in [0.4, 0.5) is 0 Å². The second kappa shape index (κ2) is 5.16. The standard InChI is InChI=1S/C13H19N3O2/c1-8(2)9-5-10(13-14-7-15-16-13)12(18-4)6-11(9)17-3/h5-6,8,15H,7H2,1-4H3,(H,14,16). The Balaban J connectivity index is 2.53. The molecule has 18 heavy (non-hydrogen) atoms. The molecular formula is C13H19N3O2. The third-order valence-corrected chi connectivity index (χ3v) is 2.95. The number of benzene rings is 1. The normalized spacial score (nSPS) is 13.9. The Morgan fingerprint density at radius 2 is 1.89 bits per heavy atom. The summed E-state index contributed by atoms with van der Waals surface area (Å²) in [5.74, 6) is 2.78. The van der Waals surface area contributed by atoms with Gasteiger partial charge in [0.2, 0.25) is 0 Å². The molecule has 0 fully saturated rings. The Morgan fingerprint density at radius 1 is 1.17 bits per heavy atom. The molecule has 2 rings (SSSR count). The van der Waals surface area contributed by atoms with Crippen molar-refractivity contribution >= 4 is 5.84 Å². The Hall–Kier alpha value is -1.91. The smallest absolute Gasteiger partial charge is 0.158 e. The van der Waals surface area contributed by atoms with E-state index in [2.05, 4.69) is 35.8 Å². The average Bonchev–Trinajstić information content (AvgIpc) is 2.90. The first kappa shape index (κ1) is 12.5. The number of amidine groups is 1. The maximum Gasteiger partial charge on any atom is 0.158 e. The van der Waals surface area contributed by atoms with Gasteiger partial charge in [-0.3, -0.25) is 5.43 Å². The highest BCUT2D eigenvalue weighted by Crippen LogP contribution is 2.33. The lowest BCUT2D eigenvalue weighted by atomic mass is 9.98. The van der Waals surface area contributed by atoms with E-state index in [0.717, 1.165) is 28.5 Å². The van der Waals surface area contributed by atoms with Crippen LogP contribution in [-0.2, 0) is 0 Å². The number of hydrogen-bond acceptors (Lipinski definition) is 5. The van der Waals surface area contributed by atoms with Gasteiger partial charge in [-0.05, 0) is 17.5 Å². The molecule has 1 heterocycles. The van der Waals surface area contributed by atoms with Gasteiger partial charge >= 0.3 is 0 Å². The summed E-state index contributed by atoms with van der Waals surface area (Å²) in [5, 5.41) is 7.37. The molecule has 0 unspecified atom stereocenters. The van der Waals surface area contributed by atoms with Crippen LogP contribution in [0.1, 0.15) is 30.9 Å². The zero-order chi connectivity index (χ0) is 13.1. The summed E-state index contributed by atoms with van der Waals surface area (Å²) in [6.45, 7) is 4.91. The monoisotopic (exact) mass is 249 g/mol. The minimum atomic E-state index is 0.375. The summed E-state index contributed by atoms with van der Waals surface area (Å²) in [4.78, 5) is 0. The molecule has 0 spiro atoms. The van der Waals surface area contributed by atoms with E-state index in [1.165, 1.54) is 0 Å². The van der Waals surface area contributed by atoms with Gasteiger partial charge in [0.1, 0.15) is 18.2 Å². The Morgan fingerprint density at radius 3 is 2.39 bits per heavy atom. The number of nitrogens with zero attached hydrogens (tertiary/aromatic N) is 1. The molecule has 1 aliphatic rings. The van der Waals surface area contributed by atoms with Gasteiger partial charge in [-0.1, -0.05) is 13.8 Å². The molecule has 0 saturated carbocycles. The summed E-state index contributed by atoms with van der Waals surface area (Å²) >= 11 is 0. The zero-order valence-electron chi connectivity index (χ0n) is 11.2. The molecule has 0 saturated heterocycles. The number of methoxy groups -OCH3 is 2. The van der Waals surface area contributed by atoms with Crippen LogP contribution in [0.2, 0.25) is 0 Å². The molecule has 5 nitrogen and oxygen atoms in total. The van der Waals surface area contributed by atoms with E-state index in [4.69, 9.17) is 9.47 Å². The van der Waals surface area contributed by atoms with Crippen LogP contribution in [0.25, 0.3) is 0 Å². The van der Waals surface area contributed by atoms with E-state index < -0.39 is 0 Å². The van der Waals surface area contributed by atoms with Crippen LogP contribution in [0.3, 0.4) is 0 Å². The molecule has 1 aliphatic heterocycles. The molecule has 98 valence electrons. The highest BCUT2D eigenvalue weighted by atomic mass is 16.5. The van der Waals surface area contributed by atoms with Gasteiger partial charge in [0.15, 0.2) is 5.84 Å². The van der Waals surface area contributed by atoms with Gasteiger partial charge in [-0.25, -0.2) is 0 Å². The van der Waals surface area contributed by atoms with E-state index in [9.17, 15) is 0 Å². The van der Waals surface area contributed by atoms with Gasteiger partial charge in [0.05, 0.1) is 19.8 Å². The summed E-state index contributed by atoms with van der Waals surface area (Å²) in [5.41, 5.74) is 4.98. The van der Waals surface area contributed by atoms with Crippen molar-refractivity contribution < 1.29 is 9.47 Å². The molecule has 5 heteroatoms. The molecule has 1 aromatic carbocycles. The lowest BCUT2D eigenvalue weighted by molar-refractivity contribution is 0.389. The van der Waals surface area contributed by atoms with E-state index in [1.807, 2.05) is 6.07 Å². The average molecular weight is 249 g/mol. The van der Waals surface area contributed by atoms with Gasteiger partial charge in [-0.15, -0.1) is 0 Å². The van der Waals surface area contributed by atoms with Crippen molar-refractivity contribution in [1.82, 2.24) is 10.7 Å². The number of rotatable bonds is 4. The summed E-state index contributed by atoms with van der Waals surface area (Å²) in [6.07, 6.45) is 0. The minimum absolute atomic E-state index is 0.375. The zero-order valence-corrected chi connectivity index (χ0v) is 11.2. The molecule has 0 amide bonds. The van der Waals surface area contributed by atoms with E-state index in [1.54, 1.807) is 14.2 Å². The number of ether oxygens (including phenoxy) is 2. The van der Waals surface area contributed by atoms with Crippen molar-refractivity contribution in [2.75, 3.05) is 20.9 Å². The highest BCUT2D eigenvalue weighted by Gasteiger charge is 2.18. The van der Waals surface area contributed by atoms with Gasteiger partial charge < -0.3 is 14.8 Å². The SMILES string of the molecule is COc1cc(OC)c(C(C)C)cc1C1=NNCN1. The number of hydrazone groups is 1. The minimum Gasteiger partial charge on any atom is -0.496 e. The largest absolute Gasteiger partial charge is 0.496 e. The van der Waals surface area contributed by atoms with Crippen LogP contribution >= 0.6 is 0 Å². The lowest BCUT2D eigenvalue weighted by Crippen LogP contribution is -2.22. The Kier molecular flexibility index (Phi) is 3.60. The highest BCUT2D eigenvalue weighted by molar-refractivity contribution is 6.02. The summed E-state index contributed by atoms with van der Waals surface area (Å²) in [6, 6.07) is 3.98. The van der Waals surface area contributed by atoms with Crippen molar-refractivity contribution in [3.63, 3.8) is 0 Å². The fourth-order valence-corrected chi connectivity index (χ4v) is 2.00. The van der Waals surface area contributed by atoms with Crippen molar-refractivity contribution in [1.29, 1.82) is 0 Å². The van der Waals surface area contributed by atoms with Crippen LogP contribution in [0, 0.1) is 0 Å². The Bertz CT molecular complexity index is 470. The number of hydrogen-bond donors (Lipinski definition) is 2. The van der Waals surface area contributed by atoms with Crippen LogP contribution in [0.15, 0.2) is 17.2 Å². The summed E-state index contributed by atoms with van der Waals surface area (Å²) < 4.78 is 10.8. The molecule has 0 radical (unpaired) electrons. The fourth-order valence-electron chi connectivity index (χ4n) is 2.00. The second-order valence-electron chi connectivity index (χ2n) is 4.42. The van der Waals surface area contributed by atoms with Crippen LogP contribution in [0.5, 0.6) is 11.5 Å². The lowest BCUT2D eigenvalue weighted by Gasteiger charge is -2.16. The van der Waals surface area contributed by atoms with Gasteiger partial charge in [0.25, 0.3) is 0 Å². The molecule has 0 bridgehead atoms. The molecule has 1 aromatic rings. The summed E-state index contributed by atoms with van der Waals surface area (Å²) in [7, 11) is 3.32.